The number of unbranched alkanes of at least 4 members (excludes halogenated alkanes) is 3. The molecule has 1 aromatic carbocycles. The molecule has 0 spiro atoms. The molecule has 2 rings (SSSR count). The van der Waals surface area contributed by atoms with Crippen LogP contribution in [0.25, 0.3) is 11.0 Å². The first kappa shape index (κ1) is 19.9. The minimum absolute atomic E-state index is 0.0422. The lowest BCUT2D eigenvalue weighted by atomic mass is 10.0. The summed E-state index contributed by atoms with van der Waals surface area (Å²) in [6, 6.07) is 6.93. The second kappa shape index (κ2) is 9.91. The number of ketones is 1. The van der Waals surface area contributed by atoms with E-state index in [0.29, 0.717) is 17.4 Å². The fourth-order valence-electron chi connectivity index (χ4n) is 2.54. The maximum absolute atomic E-state index is 12.7. The van der Waals surface area contributed by atoms with Crippen molar-refractivity contribution in [3.63, 3.8) is 0 Å². The topological polar surface area (TPSA) is 85.9 Å². The molecule has 2 aromatic rings. The van der Waals surface area contributed by atoms with Crippen LogP contribution in [0.4, 0.5) is 0 Å². The number of carbonyl (C=O) groups is 2. The van der Waals surface area contributed by atoms with E-state index in [9.17, 15) is 14.4 Å². The van der Waals surface area contributed by atoms with Gasteiger partial charge in [0, 0.05) is 10.3 Å². The fraction of sp³-hybridized carbons (Fsp3) is 0.368. The van der Waals surface area contributed by atoms with Gasteiger partial charge in [-0.25, -0.2) is 4.79 Å². The number of thioether (sulfide) groups is 1. The fourth-order valence-corrected chi connectivity index (χ4v) is 2.97. The van der Waals surface area contributed by atoms with Crippen LogP contribution in [-0.2, 0) is 9.63 Å². The van der Waals surface area contributed by atoms with Crippen molar-refractivity contribution in [3.8, 4) is 0 Å². The van der Waals surface area contributed by atoms with Gasteiger partial charge in [-0.1, -0.05) is 37.4 Å². The van der Waals surface area contributed by atoms with Gasteiger partial charge in [0.2, 0.25) is 5.78 Å². The largest absolute Gasteiger partial charge is 0.422 e. The minimum Gasteiger partial charge on any atom is -0.422 e. The van der Waals surface area contributed by atoms with E-state index >= 15 is 0 Å². The monoisotopic (exact) mass is 375 g/mol. The number of oxime groups is 1. The lowest BCUT2D eigenvalue weighted by Crippen LogP contribution is -2.22. The molecule has 0 N–H and O–H groups in total. The standard InChI is InChI=1S/C19H21NO5S/c1-3-4-5-6-7-16(20-24-12-21)18(22)15-10-13-8-9-14(26-2)11-17(13)25-19(15)23/h8-12H,3-7H2,1-2H3/b20-16+. The summed E-state index contributed by atoms with van der Waals surface area (Å²) >= 11 is 1.53. The number of rotatable bonds is 10. The third kappa shape index (κ3) is 5.05. The molecular formula is C19H21NO5S. The van der Waals surface area contributed by atoms with E-state index in [4.69, 9.17) is 4.42 Å². The summed E-state index contributed by atoms with van der Waals surface area (Å²) < 4.78 is 5.30. The highest BCUT2D eigenvalue weighted by Gasteiger charge is 2.20. The molecule has 0 aliphatic heterocycles. The minimum atomic E-state index is -0.729. The van der Waals surface area contributed by atoms with E-state index in [2.05, 4.69) is 16.9 Å². The van der Waals surface area contributed by atoms with Crippen molar-refractivity contribution in [1.82, 2.24) is 0 Å². The van der Waals surface area contributed by atoms with Crippen molar-refractivity contribution < 1.29 is 18.8 Å². The average Bonchev–Trinajstić information content (AvgIpc) is 2.66. The van der Waals surface area contributed by atoms with Crippen LogP contribution in [0.15, 0.2) is 43.5 Å². The van der Waals surface area contributed by atoms with E-state index in [1.165, 1.54) is 17.8 Å². The maximum atomic E-state index is 12.7. The van der Waals surface area contributed by atoms with E-state index < -0.39 is 11.4 Å². The van der Waals surface area contributed by atoms with Gasteiger partial charge in [0.05, 0.1) is 0 Å². The summed E-state index contributed by atoms with van der Waals surface area (Å²) in [5.74, 6) is -0.576. The third-order valence-corrected chi connectivity index (χ3v) is 4.65. The van der Waals surface area contributed by atoms with Gasteiger partial charge in [-0.2, -0.15) is 0 Å². The van der Waals surface area contributed by atoms with Crippen LogP contribution in [0, 0.1) is 0 Å². The first-order valence-corrected chi connectivity index (χ1v) is 9.66. The van der Waals surface area contributed by atoms with Gasteiger partial charge in [-0.3, -0.25) is 9.59 Å². The van der Waals surface area contributed by atoms with Gasteiger partial charge in [-0.05, 0) is 37.3 Å². The molecule has 1 heterocycles. The Balaban J connectivity index is 2.33. The SMILES string of the molecule is CCCCCC/C(=N\OC=O)C(=O)c1cc2ccc(SC)cc2oc1=O. The number of carbonyl (C=O) groups excluding carboxylic acids is 2. The Hall–Kier alpha value is -2.41. The van der Waals surface area contributed by atoms with Crippen LogP contribution in [-0.4, -0.2) is 24.2 Å². The molecular weight excluding hydrogens is 354 g/mol. The van der Waals surface area contributed by atoms with Crippen LogP contribution < -0.4 is 5.63 Å². The van der Waals surface area contributed by atoms with E-state index in [1.807, 2.05) is 12.3 Å². The Morgan fingerprint density at radius 1 is 1.27 bits per heavy atom. The lowest BCUT2D eigenvalue weighted by molar-refractivity contribution is -0.128. The van der Waals surface area contributed by atoms with Gasteiger partial charge in [-0.15, -0.1) is 11.8 Å². The highest BCUT2D eigenvalue weighted by molar-refractivity contribution is 7.98. The predicted molar refractivity (Wildman–Crippen MR) is 102 cm³/mol. The normalized spacial score (nSPS) is 11.5. The van der Waals surface area contributed by atoms with Gasteiger partial charge in [0.25, 0.3) is 0 Å². The van der Waals surface area contributed by atoms with E-state index in [0.717, 1.165) is 30.6 Å². The summed E-state index contributed by atoms with van der Waals surface area (Å²) in [6.45, 7) is 2.23. The number of nitrogens with zero attached hydrogens (tertiary/aromatic N) is 1. The van der Waals surface area contributed by atoms with Crippen molar-refractivity contribution in [3.05, 3.63) is 40.2 Å². The van der Waals surface area contributed by atoms with Gasteiger partial charge in [0.15, 0.2) is 0 Å². The summed E-state index contributed by atoms with van der Waals surface area (Å²) in [6.07, 6.45) is 5.98. The average molecular weight is 375 g/mol. The Labute approximate surface area is 155 Å². The molecule has 0 fully saturated rings. The molecule has 0 atom stereocenters. The molecule has 0 radical (unpaired) electrons. The van der Waals surface area contributed by atoms with Gasteiger partial charge < -0.3 is 9.25 Å². The number of benzene rings is 1. The molecule has 0 saturated carbocycles. The Bertz CT molecular complexity index is 872. The van der Waals surface area contributed by atoms with Crippen molar-refractivity contribution in [1.29, 1.82) is 0 Å². The quantitative estimate of drug-likeness (QED) is 0.0904. The van der Waals surface area contributed by atoms with Crippen LogP contribution in [0.5, 0.6) is 0 Å². The number of Topliss-reactive ketones (excluding diaryl/α,β-unsaturated/α-hetero) is 1. The van der Waals surface area contributed by atoms with Crippen molar-refractivity contribution in [2.24, 2.45) is 5.16 Å². The van der Waals surface area contributed by atoms with Crippen LogP contribution in [0.3, 0.4) is 0 Å². The molecule has 1 aromatic heterocycles. The smallest absolute Gasteiger partial charge is 0.347 e. The maximum Gasteiger partial charge on any atom is 0.347 e. The molecule has 0 aliphatic carbocycles. The second-order valence-electron chi connectivity index (χ2n) is 5.73. The third-order valence-electron chi connectivity index (χ3n) is 3.92. The molecule has 0 amide bonds. The molecule has 0 unspecified atom stereocenters. The Kier molecular flexibility index (Phi) is 7.59. The molecule has 7 heteroatoms. The number of fused-ring (bicyclic) bond motifs is 1. The highest BCUT2D eigenvalue weighted by Crippen LogP contribution is 2.22. The molecule has 6 nitrogen and oxygen atoms in total. The summed E-state index contributed by atoms with van der Waals surface area (Å²) in [7, 11) is 0. The highest BCUT2D eigenvalue weighted by atomic mass is 32.2. The van der Waals surface area contributed by atoms with Gasteiger partial charge >= 0.3 is 12.1 Å². The lowest BCUT2D eigenvalue weighted by Gasteiger charge is -2.06. The second-order valence-corrected chi connectivity index (χ2v) is 6.61. The molecule has 138 valence electrons. The van der Waals surface area contributed by atoms with Crippen molar-refractivity contribution in [2.45, 2.75) is 43.9 Å². The van der Waals surface area contributed by atoms with Crippen LogP contribution in [0.2, 0.25) is 0 Å². The van der Waals surface area contributed by atoms with Crippen LogP contribution in [0.1, 0.15) is 49.4 Å². The van der Waals surface area contributed by atoms with E-state index in [1.54, 1.807) is 12.1 Å². The zero-order valence-electron chi connectivity index (χ0n) is 14.8. The molecule has 0 saturated heterocycles. The molecule has 26 heavy (non-hydrogen) atoms. The molecule has 0 aliphatic rings. The predicted octanol–water partition coefficient (Wildman–Crippen LogP) is 4.20. The van der Waals surface area contributed by atoms with Gasteiger partial charge in [0.1, 0.15) is 16.9 Å². The number of hydrogen-bond acceptors (Lipinski definition) is 7. The summed E-state index contributed by atoms with van der Waals surface area (Å²) in [5, 5.41) is 4.23. The molecule has 0 bridgehead atoms. The first-order valence-electron chi connectivity index (χ1n) is 8.43. The summed E-state index contributed by atoms with van der Waals surface area (Å²) in [4.78, 5) is 40.8. The van der Waals surface area contributed by atoms with Crippen molar-refractivity contribution in [2.75, 3.05) is 6.26 Å². The zero-order chi connectivity index (χ0) is 18.9. The van der Waals surface area contributed by atoms with Crippen LogP contribution >= 0.6 is 11.8 Å². The zero-order valence-corrected chi connectivity index (χ0v) is 15.6. The Morgan fingerprint density at radius 3 is 2.77 bits per heavy atom. The summed E-state index contributed by atoms with van der Waals surface area (Å²) in [5.41, 5.74) is -0.379. The Morgan fingerprint density at radius 2 is 2.08 bits per heavy atom. The van der Waals surface area contributed by atoms with Crippen molar-refractivity contribution >= 4 is 40.7 Å². The first-order chi connectivity index (χ1) is 12.6. The van der Waals surface area contributed by atoms with E-state index in [-0.39, 0.29) is 17.7 Å². The number of hydrogen-bond donors (Lipinski definition) is 0.